The van der Waals surface area contributed by atoms with Crippen LogP contribution >= 0.6 is 0 Å². The predicted molar refractivity (Wildman–Crippen MR) is 106 cm³/mol. The Morgan fingerprint density at radius 3 is 2.34 bits per heavy atom. The van der Waals surface area contributed by atoms with Gasteiger partial charge in [0.25, 0.3) is 0 Å². The highest BCUT2D eigenvalue weighted by atomic mass is 32.3. The number of allylic oxidation sites excluding steroid dienone is 1. The summed E-state index contributed by atoms with van der Waals surface area (Å²) in [5.41, 5.74) is -0.438. The van der Waals surface area contributed by atoms with E-state index in [4.69, 9.17) is 8.74 Å². The normalized spacial score (nSPS) is 54.9. The third-order valence-corrected chi connectivity index (χ3v) is 9.80. The molecule has 0 radical (unpaired) electrons. The summed E-state index contributed by atoms with van der Waals surface area (Å²) in [7, 11) is -4.74. The zero-order valence-corrected chi connectivity index (χ0v) is 18.0. The first kappa shape index (κ1) is 21.7. The van der Waals surface area contributed by atoms with Crippen molar-refractivity contribution >= 4 is 10.4 Å². The second kappa shape index (κ2) is 7.00. The summed E-state index contributed by atoms with van der Waals surface area (Å²) in [6, 6.07) is 0. The summed E-state index contributed by atoms with van der Waals surface area (Å²) in [6.07, 6.45) is 2.38. The van der Waals surface area contributed by atoms with E-state index in [9.17, 15) is 23.7 Å². The first-order valence-electron chi connectivity index (χ1n) is 10.7. The average Bonchev–Trinajstić information content (AvgIpc) is 2.88. The Morgan fingerprint density at radius 2 is 1.72 bits per heavy atom. The minimum atomic E-state index is -4.74. The molecule has 11 atom stereocenters. The van der Waals surface area contributed by atoms with Crippen LogP contribution in [0.2, 0.25) is 0 Å². The highest BCUT2D eigenvalue weighted by Gasteiger charge is 2.64. The van der Waals surface area contributed by atoms with E-state index in [-0.39, 0.29) is 47.5 Å². The fourth-order valence-electron chi connectivity index (χ4n) is 8.08. The van der Waals surface area contributed by atoms with E-state index in [0.717, 1.165) is 25.7 Å². The van der Waals surface area contributed by atoms with Gasteiger partial charge < -0.3 is 15.3 Å². The monoisotopic (exact) mass is 430 g/mol. The van der Waals surface area contributed by atoms with E-state index in [0.29, 0.717) is 6.42 Å². The van der Waals surface area contributed by atoms with Crippen molar-refractivity contribution in [2.24, 2.45) is 40.4 Å². The predicted octanol–water partition coefficient (Wildman–Crippen LogP) is 1.93. The third-order valence-electron chi connectivity index (χ3n) is 9.31. The van der Waals surface area contributed by atoms with Crippen molar-refractivity contribution in [3.8, 4) is 0 Å². The summed E-state index contributed by atoms with van der Waals surface area (Å²) < 4.78 is 36.5. The molecule has 8 heteroatoms. The summed E-state index contributed by atoms with van der Waals surface area (Å²) in [5.74, 6) is 0.712. The van der Waals surface area contributed by atoms with Crippen LogP contribution in [0.25, 0.3) is 0 Å². The molecule has 0 bridgehead atoms. The van der Waals surface area contributed by atoms with E-state index in [1.165, 1.54) is 0 Å². The van der Waals surface area contributed by atoms with Gasteiger partial charge >= 0.3 is 10.4 Å². The summed E-state index contributed by atoms with van der Waals surface area (Å²) in [4.78, 5) is 0. The Kier molecular flexibility index (Phi) is 5.24. The van der Waals surface area contributed by atoms with Crippen molar-refractivity contribution < 1.29 is 32.5 Å². The zero-order chi connectivity index (χ0) is 21.4. The molecule has 0 aliphatic heterocycles. The van der Waals surface area contributed by atoms with Gasteiger partial charge in [0.05, 0.1) is 12.2 Å². The van der Waals surface area contributed by atoms with Gasteiger partial charge in [-0.15, -0.1) is 6.58 Å². The lowest BCUT2D eigenvalue weighted by molar-refractivity contribution is -0.206. The van der Waals surface area contributed by atoms with Crippen LogP contribution in [0.1, 0.15) is 52.4 Å². The Balaban J connectivity index is 1.67. The SMILES string of the molecule is C=C[C@H]1C[C@@H](O)[C@H]2[C@@H]3CC[C@H]4[C@@H](O)[C@@H](O)[C@@H](OS(=O)(=O)O)C[C@]4(C)[C@H]3CC[C@@]21C. The van der Waals surface area contributed by atoms with Gasteiger partial charge in [-0.05, 0) is 78.9 Å². The molecule has 0 spiro atoms. The van der Waals surface area contributed by atoms with Crippen LogP contribution in [0.4, 0.5) is 0 Å². The van der Waals surface area contributed by atoms with Crippen LogP contribution in [0.5, 0.6) is 0 Å². The Labute approximate surface area is 173 Å². The van der Waals surface area contributed by atoms with Crippen molar-refractivity contribution in [1.29, 1.82) is 0 Å². The molecule has 0 saturated heterocycles. The van der Waals surface area contributed by atoms with Crippen LogP contribution in [-0.4, -0.2) is 52.7 Å². The molecule has 4 fully saturated rings. The minimum absolute atomic E-state index is 0.00264. The standard InChI is InChI=1S/C21H34O7S/c1-4-11-9-15(22)17-12-5-6-14-18(23)19(24)16(28-29(25,26)27)10-21(14,3)13(12)7-8-20(11,17)2/h4,11-19,22-24H,1,5-10H2,2-3H3,(H,25,26,27)/t11-,12+,13-,14-,15+,16-,17+,18+,19-,20+,21+/m0/s1. The largest absolute Gasteiger partial charge is 0.397 e. The highest BCUT2D eigenvalue weighted by molar-refractivity contribution is 7.80. The van der Waals surface area contributed by atoms with Gasteiger partial charge in [-0.1, -0.05) is 19.9 Å². The topological polar surface area (TPSA) is 124 Å². The molecule has 0 aromatic heterocycles. The molecular weight excluding hydrogens is 396 g/mol. The molecule has 7 nitrogen and oxygen atoms in total. The molecule has 4 saturated carbocycles. The van der Waals surface area contributed by atoms with Crippen molar-refractivity contribution in [2.75, 3.05) is 0 Å². The Hall–Kier alpha value is -0.510. The number of hydrogen-bond acceptors (Lipinski definition) is 6. The first-order valence-corrected chi connectivity index (χ1v) is 12.1. The van der Waals surface area contributed by atoms with Crippen molar-refractivity contribution in [1.82, 2.24) is 0 Å². The smallest absolute Gasteiger partial charge is 0.393 e. The number of fused-ring (bicyclic) bond motifs is 5. The van der Waals surface area contributed by atoms with E-state index in [1.54, 1.807) is 0 Å². The van der Waals surface area contributed by atoms with Crippen LogP contribution in [-0.2, 0) is 14.6 Å². The molecule has 0 amide bonds. The lowest BCUT2D eigenvalue weighted by Crippen LogP contribution is -2.63. The average molecular weight is 431 g/mol. The molecule has 29 heavy (non-hydrogen) atoms. The van der Waals surface area contributed by atoms with Gasteiger partial charge in [0.2, 0.25) is 0 Å². The van der Waals surface area contributed by atoms with Gasteiger partial charge in [-0.3, -0.25) is 4.55 Å². The summed E-state index contributed by atoms with van der Waals surface area (Å²) in [5, 5.41) is 32.2. The molecule has 166 valence electrons. The molecule has 0 aromatic rings. The molecule has 4 aliphatic rings. The van der Waals surface area contributed by atoms with Gasteiger partial charge in [0.15, 0.2) is 0 Å². The van der Waals surface area contributed by atoms with Crippen LogP contribution < -0.4 is 0 Å². The molecular formula is C21H34O7S. The lowest BCUT2D eigenvalue weighted by Gasteiger charge is -2.62. The van der Waals surface area contributed by atoms with Crippen LogP contribution in [0.15, 0.2) is 12.7 Å². The van der Waals surface area contributed by atoms with E-state index in [2.05, 4.69) is 20.4 Å². The molecule has 4 rings (SSSR count). The van der Waals surface area contributed by atoms with Gasteiger partial charge in [0.1, 0.15) is 12.2 Å². The van der Waals surface area contributed by atoms with Gasteiger partial charge in [0, 0.05) is 0 Å². The molecule has 0 aromatic carbocycles. The maximum Gasteiger partial charge on any atom is 0.397 e. The van der Waals surface area contributed by atoms with E-state index < -0.39 is 34.1 Å². The molecule has 4 aliphatic carbocycles. The number of aliphatic hydroxyl groups is 3. The van der Waals surface area contributed by atoms with Crippen molar-refractivity contribution in [3.63, 3.8) is 0 Å². The number of aliphatic hydroxyl groups excluding tert-OH is 3. The van der Waals surface area contributed by atoms with Gasteiger partial charge in [-0.25, -0.2) is 4.18 Å². The Morgan fingerprint density at radius 1 is 1.03 bits per heavy atom. The van der Waals surface area contributed by atoms with E-state index in [1.807, 2.05) is 6.08 Å². The van der Waals surface area contributed by atoms with Crippen molar-refractivity contribution in [3.05, 3.63) is 12.7 Å². The first-order chi connectivity index (χ1) is 13.4. The number of hydrogen-bond donors (Lipinski definition) is 4. The molecule has 0 unspecified atom stereocenters. The highest BCUT2D eigenvalue weighted by Crippen LogP contribution is 2.67. The minimum Gasteiger partial charge on any atom is -0.393 e. The fourth-order valence-corrected chi connectivity index (χ4v) is 8.58. The summed E-state index contributed by atoms with van der Waals surface area (Å²) >= 11 is 0. The maximum atomic E-state index is 11.3. The van der Waals surface area contributed by atoms with E-state index >= 15 is 0 Å². The van der Waals surface area contributed by atoms with Gasteiger partial charge in [-0.2, -0.15) is 8.42 Å². The van der Waals surface area contributed by atoms with Crippen LogP contribution in [0, 0.1) is 40.4 Å². The Bertz CT molecular complexity index is 769. The molecule has 0 heterocycles. The summed E-state index contributed by atoms with van der Waals surface area (Å²) in [6.45, 7) is 8.30. The maximum absolute atomic E-state index is 11.3. The second-order valence-electron chi connectivity index (χ2n) is 10.4. The third kappa shape index (κ3) is 3.22. The quantitative estimate of drug-likeness (QED) is 0.398. The van der Waals surface area contributed by atoms with Crippen molar-refractivity contribution in [2.45, 2.75) is 76.8 Å². The molecule has 4 N–H and O–H groups in total. The van der Waals surface area contributed by atoms with Crippen LogP contribution in [0.3, 0.4) is 0 Å². The fraction of sp³-hybridized carbons (Fsp3) is 0.905. The zero-order valence-electron chi connectivity index (χ0n) is 17.1. The second-order valence-corrected chi connectivity index (χ2v) is 11.5. The number of rotatable bonds is 3. The lowest BCUT2D eigenvalue weighted by atomic mass is 9.44.